The summed E-state index contributed by atoms with van der Waals surface area (Å²) in [6.45, 7) is 3.52. The first-order valence-electron chi connectivity index (χ1n) is 7.98. The summed E-state index contributed by atoms with van der Waals surface area (Å²) in [5, 5.41) is 0.713. The van der Waals surface area contributed by atoms with Crippen LogP contribution in [-0.4, -0.2) is 53.5 Å². The van der Waals surface area contributed by atoms with E-state index in [9.17, 15) is 4.79 Å². The molecule has 1 aliphatic rings. The maximum atomic E-state index is 12.7. The Balaban J connectivity index is 1.76. The zero-order chi connectivity index (χ0) is 16.2. The standard InChI is InChI=1S/C18H22ClN3O/c1-20-10-12-22(13-11-20)18(23)14-17(21-8-2-3-9-21)15-4-6-16(19)7-5-15/h2-9,17H,10-14H2,1H3/t17-/m1/s1. The number of hydrogen-bond acceptors (Lipinski definition) is 2. The highest BCUT2D eigenvalue weighted by molar-refractivity contribution is 6.30. The van der Waals surface area contributed by atoms with E-state index in [2.05, 4.69) is 16.5 Å². The number of nitrogens with zero attached hydrogens (tertiary/aromatic N) is 3. The second-order valence-corrected chi connectivity index (χ2v) is 6.52. The lowest BCUT2D eigenvalue weighted by atomic mass is 10.0. The molecule has 0 aliphatic carbocycles. The molecule has 0 unspecified atom stereocenters. The van der Waals surface area contributed by atoms with E-state index in [1.165, 1.54) is 0 Å². The molecule has 0 spiro atoms. The molecule has 0 saturated carbocycles. The van der Waals surface area contributed by atoms with Crippen molar-refractivity contribution in [3.63, 3.8) is 0 Å². The second kappa shape index (κ2) is 7.20. The largest absolute Gasteiger partial charge is 0.346 e. The van der Waals surface area contributed by atoms with E-state index in [0.717, 1.165) is 31.7 Å². The summed E-state index contributed by atoms with van der Waals surface area (Å²) < 4.78 is 2.09. The fourth-order valence-electron chi connectivity index (χ4n) is 2.99. The fourth-order valence-corrected chi connectivity index (χ4v) is 3.11. The van der Waals surface area contributed by atoms with Crippen LogP contribution in [-0.2, 0) is 4.79 Å². The van der Waals surface area contributed by atoms with Gasteiger partial charge in [0.15, 0.2) is 0 Å². The highest BCUT2D eigenvalue weighted by Crippen LogP contribution is 2.25. The molecule has 1 aliphatic heterocycles. The van der Waals surface area contributed by atoms with Crippen LogP contribution in [0.4, 0.5) is 0 Å². The number of carbonyl (C=O) groups excluding carboxylic acids is 1. The van der Waals surface area contributed by atoms with Gasteiger partial charge in [0, 0.05) is 43.6 Å². The van der Waals surface area contributed by atoms with Gasteiger partial charge in [-0.05, 0) is 36.9 Å². The molecule has 1 atom stereocenters. The van der Waals surface area contributed by atoms with Gasteiger partial charge in [0.2, 0.25) is 5.91 Å². The Bertz CT molecular complexity index is 631. The van der Waals surface area contributed by atoms with Gasteiger partial charge in [0.1, 0.15) is 0 Å². The number of benzene rings is 1. The van der Waals surface area contributed by atoms with Crippen LogP contribution < -0.4 is 0 Å². The summed E-state index contributed by atoms with van der Waals surface area (Å²) in [5.74, 6) is 0.215. The fraction of sp³-hybridized carbons (Fsp3) is 0.389. The molecule has 122 valence electrons. The topological polar surface area (TPSA) is 28.5 Å². The number of aromatic nitrogens is 1. The number of halogens is 1. The van der Waals surface area contributed by atoms with E-state index in [4.69, 9.17) is 11.6 Å². The Morgan fingerprint density at radius 3 is 2.30 bits per heavy atom. The van der Waals surface area contributed by atoms with Crippen LogP contribution in [0.5, 0.6) is 0 Å². The van der Waals surface area contributed by atoms with Gasteiger partial charge in [0.25, 0.3) is 0 Å². The van der Waals surface area contributed by atoms with Crippen LogP contribution in [0, 0.1) is 0 Å². The van der Waals surface area contributed by atoms with Crippen molar-refractivity contribution in [3.05, 3.63) is 59.4 Å². The molecule has 1 amide bonds. The molecular formula is C18H22ClN3O. The van der Waals surface area contributed by atoms with Crippen LogP contribution in [0.2, 0.25) is 5.02 Å². The Labute approximate surface area is 142 Å². The quantitative estimate of drug-likeness (QED) is 0.862. The minimum absolute atomic E-state index is 0.00872. The smallest absolute Gasteiger partial charge is 0.225 e. The number of piperazine rings is 1. The summed E-state index contributed by atoms with van der Waals surface area (Å²) in [5.41, 5.74) is 1.10. The summed E-state index contributed by atoms with van der Waals surface area (Å²) >= 11 is 6.00. The van der Waals surface area contributed by atoms with Crippen LogP contribution in [0.15, 0.2) is 48.8 Å². The Morgan fingerprint density at radius 1 is 1.09 bits per heavy atom. The van der Waals surface area contributed by atoms with E-state index in [-0.39, 0.29) is 11.9 Å². The van der Waals surface area contributed by atoms with Gasteiger partial charge in [-0.15, -0.1) is 0 Å². The van der Waals surface area contributed by atoms with Crippen molar-refractivity contribution in [2.45, 2.75) is 12.5 Å². The monoisotopic (exact) mass is 331 g/mol. The van der Waals surface area contributed by atoms with Gasteiger partial charge in [-0.3, -0.25) is 4.79 Å². The molecule has 5 heteroatoms. The highest BCUT2D eigenvalue weighted by Gasteiger charge is 2.23. The summed E-state index contributed by atoms with van der Waals surface area (Å²) in [6, 6.07) is 11.8. The zero-order valence-electron chi connectivity index (χ0n) is 13.4. The maximum absolute atomic E-state index is 12.7. The lowest BCUT2D eigenvalue weighted by Gasteiger charge is -2.33. The number of rotatable bonds is 4. The molecule has 4 nitrogen and oxygen atoms in total. The van der Waals surface area contributed by atoms with E-state index < -0.39 is 0 Å². The van der Waals surface area contributed by atoms with Crippen LogP contribution in [0.3, 0.4) is 0 Å². The van der Waals surface area contributed by atoms with Crippen molar-refractivity contribution in [2.24, 2.45) is 0 Å². The molecule has 0 bridgehead atoms. The number of hydrogen-bond donors (Lipinski definition) is 0. The van der Waals surface area contributed by atoms with E-state index >= 15 is 0 Å². The SMILES string of the molecule is CN1CCN(C(=O)C[C@H](c2ccc(Cl)cc2)n2cccc2)CC1. The van der Waals surface area contributed by atoms with Crippen LogP contribution >= 0.6 is 11.6 Å². The molecule has 2 aromatic rings. The van der Waals surface area contributed by atoms with Crippen molar-refractivity contribution in [3.8, 4) is 0 Å². The Kier molecular flexibility index (Phi) is 5.03. The minimum Gasteiger partial charge on any atom is -0.346 e. The van der Waals surface area contributed by atoms with Crippen LogP contribution in [0.1, 0.15) is 18.0 Å². The molecule has 1 fully saturated rings. The molecule has 2 heterocycles. The van der Waals surface area contributed by atoms with Gasteiger partial charge < -0.3 is 14.4 Å². The van der Waals surface area contributed by atoms with Crippen molar-refractivity contribution in [1.82, 2.24) is 14.4 Å². The third-order valence-corrected chi connectivity index (χ3v) is 4.72. The first kappa shape index (κ1) is 16.1. The predicted octanol–water partition coefficient (Wildman–Crippen LogP) is 2.90. The summed E-state index contributed by atoms with van der Waals surface area (Å²) in [4.78, 5) is 17.0. The molecule has 0 N–H and O–H groups in total. The summed E-state index contributed by atoms with van der Waals surface area (Å²) in [7, 11) is 2.10. The molecule has 23 heavy (non-hydrogen) atoms. The number of amides is 1. The van der Waals surface area contributed by atoms with E-state index in [1.54, 1.807) is 0 Å². The van der Waals surface area contributed by atoms with E-state index in [0.29, 0.717) is 11.4 Å². The molecule has 1 aromatic heterocycles. The van der Waals surface area contributed by atoms with Crippen molar-refractivity contribution < 1.29 is 4.79 Å². The third kappa shape index (κ3) is 3.95. The van der Waals surface area contributed by atoms with E-state index in [1.807, 2.05) is 53.7 Å². The number of likely N-dealkylation sites (N-methyl/N-ethyl adjacent to an activating group) is 1. The Morgan fingerprint density at radius 2 is 1.70 bits per heavy atom. The normalized spacial score (nSPS) is 17.2. The lowest BCUT2D eigenvalue weighted by molar-refractivity contribution is -0.133. The molecule has 0 radical (unpaired) electrons. The average Bonchev–Trinajstić information content (AvgIpc) is 3.08. The van der Waals surface area contributed by atoms with Crippen molar-refractivity contribution >= 4 is 17.5 Å². The first-order valence-corrected chi connectivity index (χ1v) is 8.35. The third-order valence-electron chi connectivity index (χ3n) is 4.47. The van der Waals surface area contributed by atoms with Gasteiger partial charge in [-0.2, -0.15) is 0 Å². The lowest BCUT2D eigenvalue weighted by Crippen LogP contribution is -2.47. The summed E-state index contributed by atoms with van der Waals surface area (Å²) in [6.07, 6.45) is 4.49. The van der Waals surface area contributed by atoms with Gasteiger partial charge in [-0.25, -0.2) is 0 Å². The van der Waals surface area contributed by atoms with Crippen molar-refractivity contribution in [2.75, 3.05) is 33.2 Å². The molecular weight excluding hydrogens is 310 g/mol. The molecule has 1 saturated heterocycles. The predicted molar refractivity (Wildman–Crippen MR) is 92.7 cm³/mol. The van der Waals surface area contributed by atoms with Gasteiger partial charge >= 0.3 is 0 Å². The van der Waals surface area contributed by atoms with Gasteiger partial charge in [-0.1, -0.05) is 23.7 Å². The highest BCUT2D eigenvalue weighted by atomic mass is 35.5. The minimum atomic E-state index is 0.00872. The van der Waals surface area contributed by atoms with Crippen LogP contribution in [0.25, 0.3) is 0 Å². The average molecular weight is 332 g/mol. The van der Waals surface area contributed by atoms with Gasteiger partial charge in [0.05, 0.1) is 12.5 Å². The second-order valence-electron chi connectivity index (χ2n) is 6.09. The van der Waals surface area contributed by atoms with Crippen molar-refractivity contribution in [1.29, 1.82) is 0 Å². The Hall–Kier alpha value is -1.78. The zero-order valence-corrected chi connectivity index (χ0v) is 14.1. The molecule has 3 rings (SSSR count). The maximum Gasteiger partial charge on any atom is 0.225 e. The number of carbonyl (C=O) groups is 1. The first-order chi connectivity index (χ1) is 11.1. The molecule has 1 aromatic carbocycles.